The molecule has 0 saturated carbocycles. The summed E-state index contributed by atoms with van der Waals surface area (Å²) in [7, 11) is 1.61. The van der Waals surface area contributed by atoms with Gasteiger partial charge in [0.25, 0.3) is 0 Å². The lowest BCUT2D eigenvalue weighted by Gasteiger charge is -2.17. The Kier molecular flexibility index (Phi) is 7.92. The first-order valence-corrected chi connectivity index (χ1v) is 11.8. The second kappa shape index (κ2) is 10.6. The molecule has 2 heterocycles. The number of nitrogens with one attached hydrogen (secondary N) is 1. The lowest BCUT2D eigenvalue weighted by atomic mass is 10.3. The molecule has 3 aromatic rings. The van der Waals surface area contributed by atoms with Crippen molar-refractivity contribution in [2.75, 3.05) is 12.4 Å². The van der Waals surface area contributed by atoms with Crippen molar-refractivity contribution in [3.05, 3.63) is 53.3 Å². The Balaban J connectivity index is 1.72. The minimum atomic E-state index is -0.394. The van der Waals surface area contributed by atoms with E-state index in [-0.39, 0.29) is 12.0 Å². The number of hydrogen-bond acceptors (Lipinski definition) is 8. The summed E-state index contributed by atoms with van der Waals surface area (Å²) in [6.45, 7) is 12.0. The van der Waals surface area contributed by atoms with E-state index in [9.17, 15) is 4.79 Å². The third kappa shape index (κ3) is 5.68. The topological polar surface area (TPSA) is 91.2 Å². The number of thiazole rings is 1. The second-order valence-electron chi connectivity index (χ2n) is 7.09. The van der Waals surface area contributed by atoms with Gasteiger partial charge in [0.05, 0.1) is 18.1 Å². The molecule has 170 valence electrons. The van der Waals surface area contributed by atoms with Crippen LogP contribution in [0.4, 0.5) is 5.13 Å². The molecule has 32 heavy (non-hydrogen) atoms. The highest BCUT2D eigenvalue weighted by atomic mass is 32.2. The van der Waals surface area contributed by atoms with Crippen LogP contribution in [0.2, 0.25) is 0 Å². The van der Waals surface area contributed by atoms with E-state index in [4.69, 9.17) is 9.47 Å². The van der Waals surface area contributed by atoms with Gasteiger partial charge >= 0.3 is 0 Å². The monoisotopic (exact) mass is 473 g/mol. The van der Waals surface area contributed by atoms with Crippen molar-refractivity contribution in [2.24, 2.45) is 0 Å². The number of carbonyl (C=O) groups is 1. The van der Waals surface area contributed by atoms with Gasteiger partial charge in [0, 0.05) is 17.5 Å². The van der Waals surface area contributed by atoms with Gasteiger partial charge < -0.3 is 14.8 Å². The number of ether oxygens (including phenoxy) is 2. The highest BCUT2D eigenvalue weighted by Gasteiger charge is 2.23. The fourth-order valence-electron chi connectivity index (χ4n) is 2.86. The van der Waals surface area contributed by atoms with Crippen molar-refractivity contribution in [2.45, 2.75) is 50.8 Å². The molecule has 0 aliphatic rings. The van der Waals surface area contributed by atoms with E-state index in [0.717, 1.165) is 10.6 Å². The Morgan fingerprint density at radius 3 is 2.72 bits per heavy atom. The first kappa shape index (κ1) is 23.8. The van der Waals surface area contributed by atoms with E-state index >= 15 is 0 Å². The SMILES string of the molecule is C=CCn1c(SC(C)C(=O)Nc2nc(C)c(C)s2)nnc1C(C)Oc1cccc(OC)c1. The molecule has 0 fully saturated rings. The molecule has 0 bridgehead atoms. The summed E-state index contributed by atoms with van der Waals surface area (Å²) >= 11 is 2.79. The zero-order valence-electron chi connectivity index (χ0n) is 18.8. The molecule has 2 aromatic heterocycles. The molecule has 3 rings (SSSR count). The minimum absolute atomic E-state index is 0.140. The van der Waals surface area contributed by atoms with Gasteiger partial charge in [0.2, 0.25) is 5.91 Å². The third-order valence-corrected chi connectivity index (χ3v) is 6.75. The molecule has 2 unspecified atom stereocenters. The van der Waals surface area contributed by atoms with Crippen LogP contribution in [0.25, 0.3) is 0 Å². The summed E-state index contributed by atoms with van der Waals surface area (Å²) in [6, 6.07) is 7.39. The number of anilines is 1. The number of aryl methyl sites for hydroxylation is 2. The van der Waals surface area contributed by atoms with E-state index in [1.54, 1.807) is 13.2 Å². The van der Waals surface area contributed by atoms with Crippen LogP contribution in [0.5, 0.6) is 11.5 Å². The first-order valence-electron chi connectivity index (χ1n) is 10.1. The summed E-state index contributed by atoms with van der Waals surface area (Å²) < 4.78 is 13.2. The molecule has 0 spiro atoms. The standard InChI is InChI=1S/C22H27N5O3S2/c1-7-11-27-19(14(3)30-18-10-8-9-17(12-18)29-6)25-26-22(27)32-16(5)20(28)24-21-23-13(2)15(4)31-21/h7-10,12,14,16H,1,11H2,2-6H3,(H,23,24,28). The first-order chi connectivity index (χ1) is 15.3. The summed E-state index contributed by atoms with van der Waals surface area (Å²) in [5.74, 6) is 1.89. The number of aromatic nitrogens is 4. The van der Waals surface area contributed by atoms with Gasteiger partial charge in [-0.15, -0.1) is 28.1 Å². The maximum absolute atomic E-state index is 12.7. The molecule has 0 aliphatic heterocycles. The zero-order valence-corrected chi connectivity index (χ0v) is 20.4. The molecular weight excluding hydrogens is 446 g/mol. The molecule has 1 N–H and O–H groups in total. The van der Waals surface area contributed by atoms with Crippen molar-refractivity contribution in [1.29, 1.82) is 0 Å². The molecule has 1 amide bonds. The van der Waals surface area contributed by atoms with Gasteiger partial charge in [-0.1, -0.05) is 23.9 Å². The number of allylic oxidation sites excluding steroid dienone is 1. The quantitative estimate of drug-likeness (QED) is 0.334. The summed E-state index contributed by atoms with van der Waals surface area (Å²) in [4.78, 5) is 18.1. The van der Waals surface area contributed by atoms with Crippen molar-refractivity contribution in [3.63, 3.8) is 0 Å². The number of amides is 1. The largest absolute Gasteiger partial charge is 0.497 e. The van der Waals surface area contributed by atoms with Crippen LogP contribution in [0.15, 0.2) is 42.1 Å². The van der Waals surface area contributed by atoms with Crippen LogP contribution in [0.1, 0.15) is 36.3 Å². The van der Waals surface area contributed by atoms with Crippen LogP contribution < -0.4 is 14.8 Å². The van der Waals surface area contributed by atoms with Gasteiger partial charge in [-0.3, -0.25) is 9.36 Å². The van der Waals surface area contributed by atoms with Gasteiger partial charge in [0.15, 0.2) is 22.2 Å². The van der Waals surface area contributed by atoms with E-state index in [1.807, 2.05) is 56.5 Å². The smallest absolute Gasteiger partial charge is 0.239 e. The molecule has 0 radical (unpaired) electrons. The van der Waals surface area contributed by atoms with Crippen LogP contribution in [0.3, 0.4) is 0 Å². The molecule has 0 aliphatic carbocycles. The third-order valence-electron chi connectivity index (χ3n) is 4.68. The molecule has 2 atom stereocenters. The number of nitrogens with zero attached hydrogens (tertiary/aromatic N) is 4. The second-order valence-corrected chi connectivity index (χ2v) is 9.60. The van der Waals surface area contributed by atoms with Crippen LogP contribution in [0, 0.1) is 13.8 Å². The average molecular weight is 474 g/mol. The summed E-state index contributed by atoms with van der Waals surface area (Å²) in [5.41, 5.74) is 0.922. The van der Waals surface area contributed by atoms with Crippen molar-refractivity contribution >= 4 is 34.1 Å². The Morgan fingerprint density at radius 1 is 1.31 bits per heavy atom. The molecule has 1 aromatic carbocycles. The van der Waals surface area contributed by atoms with Crippen LogP contribution >= 0.6 is 23.1 Å². The summed E-state index contributed by atoms with van der Waals surface area (Å²) in [6.07, 6.45) is 1.40. The minimum Gasteiger partial charge on any atom is -0.497 e. The normalized spacial score (nSPS) is 12.8. The predicted octanol–water partition coefficient (Wildman–Crippen LogP) is 4.81. The van der Waals surface area contributed by atoms with E-state index in [0.29, 0.717) is 34.2 Å². The lowest BCUT2D eigenvalue weighted by Crippen LogP contribution is -2.23. The van der Waals surface area contributed by atoms with Crippen molar-refractivity contribution < 1.29 is 14.3 Å². The maximum Gasteiger partial charge on any atom is 0.239 e. The number of rotatable bonds is 10. The molecule has 8 nitrogen and oxygen atoms in total. The van der Waals surface area contributed by atoms with Gasteiger partial charge in [-0.25, -0.2) is 4.98 Å². The number of thioether (sulfide) groups is 1. The molecule has 10 heteroatoms. The molecular formula is C22H27N5O3S2. The van der Waals surface area contributed by atoms with Gasteiger partial charge in [0.1, 0.15) is 11.5 Å². The average Bonchev–Trinajstić information content (AvgIpc) is 3.30. The predicted molar refractivity (Wildman–Crippen MR) is 128 cm³/mol. The Bertz CT molecular complexity index is 1080. The van der Waals surface area contributed by atoms with Gasteiger partial charge in [-0.2, -0.15) is 0 Å². The fraction of sp³-hybridized carbons (Fsp3) is 0.364. The highest BCUT2D eigenvalue weighted by molar-refractivity contribution is 8.00. The van der Waals surface area contributed by atoms with E-state index < -0.39 is 5.25 Å². The van der Waals surface area contributed by atoms with Crippen LogP contribution in [-0.4, -0.2) is 38.0 Å². The lowest BCUT2D eigenvalue weighted by molar-refractivity contribution is -0.115. The number of benzene rings is 1. The zero-order chi connectivity index (χ0) is 23.3. The Hall–Kier alpha value is -2.85. The highest BCUT2D eigenvalue weighted by Crippen LogP contribution is 2.29. The van der Waals surface area contributed by atoms with Crippen molar-refractivity contribution in [1.82, 2.24) is 19.7 Å². The molecule has 0 saturated heterocycles. The maximum atomic E-state index is 12.7. The van der Waals surface area contributed by atoms with Gasteiger partial charge in [-0.05, 0) is 39.8 Å². The van der Waals surface area contributed by atoms with Crippen LogP contribution in [-0.2, 0) is 11.3 Å². The Labute approximate surface area is 196 Å². The number of methoxy groups -OCH3 is 1. The van der Waals surface area contributed by atoms with E-state index in [2.05, 4.69) is 27.1 Å². The summed E-state index contributed by atoms with van der Waals surface area (Å²) in [5, 5.41) is 12.4. The van der Waals surface area contributed by atoms with E-state index in [1.165, 1.54) is 23.1 Å². The number of hydrogen-bond donors (Lipinski definition) is 1. The van der Waals surface area contributed by atoms with Crippen molar-refractivity contribution in [3.8, 4) is 11.5 Å². The number of carbonyl (C=O) groups excluding carboxylic acids is 1. The Morgan fingerprint density at radius 2 is 2.06 bits per heavy atom. The fourth-order valence-corrected chi connectivity index (χ4v) is 4.55.